The molecule has 0 saturated carbocycles. The predicted molar refractivity (Wildman–Crippen MR) is 76.6 cm³/mol. The number of oxime groups is 1. The van der Waals surface area contributed by atoms with E-state index in [1.165, 1.54) is 5.56 Å². The van der Waals surface area contributed by atoms with Gasteiger partial charge in [-0.3, -0.25) is 0 Å². The number of para-hydroxylation sites is 1. The second kappa shape index (κ2) is 6.59. The molecule has 2 rings (SSSR count). The van der Waals surface area contributed by atoms with E-state index < -0.39 is 0 Å². The summed E-state index contributed by atoms with van der Waals surface area (Å²) in [6.45, 7) is 2.44. The van der Waals surface area contributed by atoms with Crippen LogP contribution in [-0.2, 0) is 11.4 Å². The smallest absolute Gasteiger partial charge is 0.145 e. The normalized spacial score (nSPS) is 10.6. The largest absolute Gasteiger partial charge is 0.496 e. The summed E-state index contributed by atoms with van der Waals surface area (Å²) in [5.74, 6) is 0.814. The number of methoxy groups -OCH3 is 1. The minimum atomic E-state index is 0.395. The number of hydrogen-bond donors (Lipinski definition) is 0. The van der Waals surface area contributed by atoms with Crippen LogP contribution in [0.25, 0.3) is 0 Å². The lowest BCUT2D eigenvalue weighted by molar-refractivity contribution is 0.130. The van der Waals surface area contributed by atoms with Gasteiger partial charge < -0.3 is 9.57 Å². The number of rotatable bonds is 5. The summed E-state index contributed by atoms with van der Waals surface area (Å²) in [5.41, 5.74) is 3.21. The number of nitrogens with zero attached hydrogens (tertiary/aromatic N) is 1. The van der Waals surface area contributed by atoms with Crippen LogP contribution in [-0.4, -0.2) is 13.3 Å². The van der Waals surface area contributed by atoms with Gasteiger partial charge in [0.15, 0.2) is 0 Å². The third-order valence-corrected chi connectivity index (χ3v) is 2.87. The first-order valence-electron chi connectivity index (χ1n) is 6.14. The van der Waals surface area contributed by atoms with Crippen LogP contribution in [0.2, 0.25) is 0 Å². The maximum Gasteiger partial charge on any atom is 0.145 e. The first kappa shape index (κ1) is 13.1. The summed E-state index contributed by atoms with van der Waals surface area (Å²) in [7, 11) is 1.65. The molecule has 0 fully saturated rings. The van der Waals surface area contributed by atoms with Crippen LogP contribution in [0.5, 0.6) is 5.75 Å². The van der Waals surface area contributed by atoms with Gasteiger partial charge in [-0.2, -0.15) is 0 Å². The Hall–Kier alpha value is -2.29. The molecule has 3 heteroatoms. The fourth-order valence-corrected chi connectivity index (χ4v) is 1.75. The molecule has 0 N–H and O–H groups in total. The highest BCUT2D eigenvalue weighted by atomic mass is 16.6. The molecule has 0 radical (unpaired) electrons. The minimum Gasteiger partial charge on any atom is -0.496 e. The molecule has 98 valence electrons. The zero-order valence-electron chi connectivity index (χ0n) is 11.2. The lowest BCUT2D eigenvalue weighted by Crippen LogP contribution is -1.93. The summed E-state index contributed by atoms with van der Waals surface area (Å²) >= 11 is 0. The number of ether oxygens (including phenoxy) is 1. The molecular weight excluding hydrogens is 238 g/mol. The molecule has 0 unspecified atom stereocenters. The molecule has 2 aromatic rings. The Morgan fingerprint density at radius 3 is 2.58 bits per heavy atom. The van der Waals surface area contributed by atoms with Crippen molar-refractivity contribution in [1.29, 1.82) is 0 Å². The summed E-state index contributed by atoms with van der Waals surface area (Å²) in [4.78, 5) is 5.31. The Labute approximate surface area is 113 Å². The standard InChI is InChI=1S/C16H17NO2/c1-13-7-3-4-8-14(13)11-17-19-12-15-9-5-6-10-16(15)18-2/h3-11H,12H2,1-2H3. The highest BCUT2D eigenvalue weighted by Crippen LogP contribution is 2.18. The predicted octanol–water partition coefficient (Wildman–Crippen LogP) is 3.55. The monoisotopic (exact) mass is 255 g/mol. The van der Waals surface area contributed by atoms with Crippen molar-refractivity contribution in [3.8, 4) is 5.75 Å². The summed E-state index contributed by atoms with van der Waals surface area (Å²) in [5, 5.41) is 3.99. The average Bonchev–Trinajstić information content (AvgIpc) is 2.45. The molecule has 0 aliphatic rings. The minimum absolute atomic E-state index is 0.395. The van der Waals surface area contributed by atoms with Crippen molar-refractivity contribution >= 4 is 6.21 Å². The third kappa shape index (κ3) is 3.58. The van der Waals surface area contributed by atoms with Crippen molar-refractivity contribution in [3.05, 3.63) is 65.2 Å². The zero-order valence-corrected chi connectivity index (χ0v) is 11.2. The molecule has 0 aromatic heterocycles. The number of benzene rings is 2. The third-order valence-electron chi connectivity index (χ3n) is 2.87. The van der Waals surface area contributed by atoms with Crippen LogP contribution in [0.4, 0.5) is 0 Å². The van der Waals surface area contributed by atoms with Gasteiger partial charge in [0.2, 0.25) is 0 Å². The Balaban J connectivity index is 1.95. The molecule has 2 aromatic carbocycles. The molecule has 0 spiro atoms. The fraction of sp³-hybridized carbons (Fsp3) is 0.188. The highest BCUT2D eigenvalue weighted by Gasteiger charge is 2.00. The second-order valence-electron chi connectivity index (χ2n) is 4.18. The first-order valence-corrected chi connectivity index (χ1v) is 6.14. The van der Waals surface area contributed by atoms with Crippen molar-refractivity contribution in [2.75, 3.05) is 7.11 Å². The van der Waals surface area contributed by atoms with Crippen molar-refractivity contribution in [1.82, 2.24) is 0 Å². The van der Waals surface area contributed by atoms with E-state index in [0.717, 1.165) is 16.9 Å². The van der Waals surface area contributed by atoms with Crippen molar-refractivity contribution in [2.45, 2.75) is 13.5 Å². The Bertz CT molecular complexity index is 564. The molecule has 0 atom stereocenters. The van der Waals surface area contributed by atoms with Gasteiger partial charge in [-0.25, -0.2) is 0 Å². The Morgan fingerprint density at radius 2 is 1.79 bits per heavy atom. The summed E-state index contributed by atoms with van der Waals surface area (Å²) in [6, 6.07) is 15.8. The molecule has 19 heavy (non-hydrogen) atoms. The quantitative estimate of drug-likeness (QED) is 0.604. The van der Waals surface area contributed by atoms with E-state index in [2.05, 4.69) is 5.16 Å². The van der Waals surface area contributed by atoms with Crippen LogP contribution in [0.15, 0.2) is 53.7 Å². The molecule has 0 amide bonds. The van der Waals surface area contributed by atoms with E-state index in [9.17, 15) is 0 Å². The van der Waals surface area contributed by atoms with Crippen molar-refractivity contribution < 1.29 is 9.57 Å². The topological polar surface area (TPSA) is 30.8 Å². The maximum atomic E-state index is 5.31. The number of aryl methyl sites for hydroxylation is 1. The molecule has 0 bridgehead atoms. The lowest BCUT2D eigenvalue weighted by Gasteiger charge is -2.06. The van der Waals surface area contributed by atoms with Gasteiger partial charge in [0.1, 0.15) is 12.4 Å². The van der Waals surface area contributed by atoms with E-state index in [0.29, 0.717) is 6.61 Å². The van der Waals surface area contributed by atoms with Gasteiger partial charge in [0.25, 0.3) is 0 Å². The molecule has 0 aliphatic carbocycles. The molecular formula is C16H17NO2. The van der Waals surface area contributed by atoms with Crippen LogP contribution >= 0.6 is 0 Å². The van der Waals surface area contributed by atoms with Gasteiger partial charge in [-0.05, 0) is 24.1 Å². The van der Waals surface area contributed by atoms with Crippen LogP contribution in [0, 0.1) is 6.92 Å². The van der Waals surface area contributed by atoms with E-state index >= 15 is 0 Å². The SMILES string of the molecule is COc1ccccc1CON=Cc1ccccc1C. The average molecular weight is 255 g/mol. The molecule has 0 aliphatic heterocycles. The molecule has 3 nitrogen and oxygen atoms in total. The van der Waals surface area contributed by atoms with Crippen LogP contribution in [0.1, 0.15) is 16.7 Å². The van der Waals surface area contributed by atoms with E-state index in [1.807, 2.05) is 55.5 Å². The second-order valence-corrected chi connectivity index (χ2v) is 4.18. The Kier molecular flexibility index (Phi) is 4.56. The van der Waals surface area contributed by atoms with E-state index in [-0.39, 0.29) is 0 Å². The van der Waals surface area contributed by atoms with Gasteiger partial charge in [-0.15, -0.1) is 0 Å². The lowest BCUT2D eigenvalue weighted by atomic mass is 10.1. The number of hydrogen-bond acceptors (Lipinski definition) is 3. The molecule has 0 saturated heterocycles. The van der Waals surface area contributed by atoms with Crippen molar-refractivity contribution in [3.63, 3.8) is 0 Å². The summed E-state index contributed by atoms with van der Waals surface area (Å²) in [6.07, 6.45) is 1.73. The van der Waals surface area contributed by atoms with Crippen LogP contribution in [0.3, 0.4) is 0 Å². The highest BCUT2D eigenvalue weighted by molar-refractivity contribution is 5.81. The van der Waals surface area contributed by atoms with Gasteiger partial charge in [0.05, 0.1) is 13.3 Å². The van der Waals surface area contributed by atoms with Gasteiger partial charge in [0, 0.05) is 5.56 Å². The fourth-order valence-electron chi connectivity index (χ4n) is 1.75. The Morgan fingerprint density at radius 1 is 1.05 bits per heavy atom. The zero-order chi connectivity index (χ0) is 13.5. The molecule has 0 heterocycles. The van der Waals surface area contributed by atoms with Crippen molar-refractivity contribution in [2.24, 2.45) is 5.16 Å². The van der Waals surface area contributed by atoms with Crippen LogP contribution < -0.4 is 4.74 Å². The van der Waals surface area contributed by atoms with Gasteiger partial charge in [-0.1, -0.05) is 47.6 Å². The summed E-state index contributed by atoms with van der Waals surface area (Å²) < 4.78 is 5.25. The maximum absolute atomic E-state index is 5.31. The first-order chi connectivity index (χ1) is 9.31. The van der Waals surface area contributed by atoms with E-state index in [4.69, 9.17) is 9.57 Å². The van der Waals surface area contributed by atoms with E-state index in [1.54, 1.807) is 13.3 Å². The van der Waals surface area contributed by atoms with Gasteiger partial charge >= 0.3 is 0 Å².